The van der Waals surface area contributed by atoms with Crippen LogP contribution in [0.5, 0.6) is 5.75 Å². The molecule has 5 heteroatoms. The quantitative estimate of drug-likeness (QED) is 0.859. The molecule has 0 amide bonds. The minimum Gasteiger partial charge on any atom is -0.496 e. The molecule has 0 saturated heterocycles. The number of anilines is 1. The SMILES string of the molecule is CCc1cc(OC)c(-c2cc(N)no2)cc1SC. The maximum Gasteiger partial charge on any atom is 0.172 e. The standard InChI is InChI=1S/C13H16N2O2S/c1-4-8-5-10(16-2)9(6-12(8)18-3)11-7-13(14)15-17-11/h5-7H,4H2,1-3H3,(H2,14,15). The first-order valence-electron chi connectivity index (χ1n) is 5.67. The van der Waals surface area contributed by atoms with E-state index in [1.807, 2.05) is 6.07 Å². The number of ether oxygens (including phenoxy) is 1. The zero-order chi connectivity index (χ0) is 13.1. The summed E-state index contributed by atoms with van der Waals surface area (Å²) in [5, 5.41) is 3.71. The van der Waals surface area contributed by atoms with E-state index in [0.717, 1.165) is 17.7 Å². The summed E-state index contributed by atoms with van der Waals surface area (Å²) in [4.78, 5) is 1.21. The van der Waals surface area contributed by atoms with Crippen LogP contribution in [0.3, 0.4) is 0 Å². The average molecular weight is 264 g/mol. The van der Waals surface area contributed by atoms with E-state index in [1.165, 1.54) is 10.5 Å². The van der Waals surface area contributed by atoms with E-state index in [2.05, 4.69) is 24.4 Å². The molecule has 0 spiro atoms. The van der Waals surface area contributed by atoms with Crippen molar-refractivity contribution in [3.05, 3.63) is 23.8 Å². The van der Waals surface area contributed by atoms with E-state index < -0.39 is 0 Å². The van der Waals surface area contributed by atoms with Crippen molar-refractivity contribution in [3.63, 3.8) is 0 Å². The number of benzene rings is 1. The van der Waals surface area contributed by atoms with Gasteiger partial charge < -0.3 is 15.0 Å². The molecule has 2 N–H and O–H groups in total. The molecular weight excluding hydrogens is 248 g/mol. The lowest BCUT2D eigenvalue weighted by molar-refractivity contribution is 0.406. The van der Waals surface area contributed by atoms with Gasteiger partial charge in [0.1, 0.15) is 5.75 Å². The Morgan fingerprint density at radius 3 is 2.67 bits per heavy atom. The van der Waals surface area contributed by atoms with Gasteiger partial charge in [-0.1, -0.05) is 12.1 Å². The van der Waals surface area contributed by atoms with E-state index in [0.29, 0.717) is 11.6 Å². The molecule has 2 aromatic rings. The van der Waals surface area contributed by atoms with Gasteiger partial charge in [-0.25, -0.2) is 0 Å². The van der Waals surface area contributed by atoms with Crippen molar-refractivity contribution in [2.45, 2.75) is 18.2 Å². The summed E-state index contributed by atoms with van der Waals surface area (Å²) in [6.45, 7) is 2.13. The second kappa shape index (κ2) is 5.35. The molecule has 0 radical (unpaired) electrons. The molecule has 0 bridgehead atoms. The van der Waals surface area contributed by atoms with Gasteiger partial charge >= 0.3 is 0 Å². The molecular formula is C13H16N2O2S. The molecule has 1 heterocycles. The van der Waals surface area contributed by atoms with Crippen molar-refractivity contribution in [1.29, 1.82) is 0 Å². The van der Waals surface area contributed by atoms with Crippen LogP contribution in [0.15, 0.2) is 27.6 Å². The molecule has 96 valence electrons. The predicted molar refractivity (Wildman–Crippen MR) is 74.1 cm³/mol. The second-order valence-electron chi connectivity index (χ2n) is 3.83. The summed E-state index contributed by atoms with van der Waals surface area (Å²) in [6.07, 6.45) is 3.02. The number of methoxy groups -OCH3 is 1. The molecule has 18 heavy (non-hydrogen) atoms. The molecule has 0 aliphatic rings. The van der Waals surface area contributed by atoms with Crippen LogP contribution in [-0.2, 0) is 6.42 Å². The fourth-order valence-electron chi connectivity index (χ4n) is 1.85. The minimum absolute atomic E-state index is 0.373. The Morgan fingerprint density at radius 1 is 1.39 bits per heavy atom. The summed E-state index contributed by atoms with van der Waals surface area (Å²) in [5.74, 6) is 1.78. The maximum atomic E-state index is 5.58. The monoisotopic (exact) mass is 264 g/mol. The number of nitrogens with two attached hydrogens (primary N) is 1. The minimum atomic E-state index is 0.373. The Labute approximate surface area is 110 Å². The van der Waals surface area contributed by atoms with Crippen LogP contribution >= 0.6 is 11.8 Å². The number of aromatic nitrogens is 1. The van der Waals surface area contributed by atoms with Crippen molar-refractivity contribution in [3.8, 4) is 17.1 Å². The van der Waals surface area contributed by atoms with Gasteiger partial charge in [0.15, 0.2) is 11.6 Å². The van der Waals surface area contributed by atoms with Crippen LogP contribution < -0.4 is 10.5 Å². The average Bonchev–Trinajstić information content (AvgIpc) is 2.83. The van der Waals surface area contributed by atoms with E-state index in [-0.39, 0.29) is 0 Å². The second-order valence-corrected chi connectivity index (χ2v) is 4.68. The molecule has 2 rings (SSSR count). The first-order valence-corrected chi connectivity index (χ1v) is 6.89. The Hall–Kier alpha value is -1.62. The van der Waals surface area contributed by atoms with Crippen LogP contribution in [0.1, 0.15) is 12.5 Å². The lowest BCUT2D eigenvalue weighted by Crippen LogP contribution is -1.92. The summed E-state index contributed by atoms with van der Waals surface area (Å²) in [7, 11) is 1.65. The van der Waals surface area contributed by atoms with E-state index in [9.17, 15) is 0 Å². The van der Waals surface area contributed by atoms with Crippen LogP contribution in [0, 0.1) is 0 Å². The lowest BCUT2D eigenvalue weighted by atomic mass is 10.1. The molecule has 0 fully saturated rings. The van der Waals surface area contributed by atoms with Crippen molar-refractivity contribution < 1.29 is 9.26 Å². The number of nitrogen functional groups attached to an aromatic ring is 1. The molecule has 4 nitrogen and oxygen atoms in total. The summed E-state index contributed by atoms with van der Waals surface area (Å²) in [5.41, 5.74) is 7.72. The number of rotatable bonds is 4. The molecule has 0 aliphatic carbocycles. The molecule has 0 unspecified atom stereocenters. The van der Waals surface area contributed by atoms with E-state index >= 15 is 0 Å². The Balaban J connectivity index is 2.58. The first kappa shape index (κ1) is 12.8. The smallest absolute Gasteiger partial charge is 0.172 e. The van der Waals surface area contributed by atoms with Crippen LogP contribution in [0.4, 0.5) is 5.82 Å². The third-order valence-corrected chi connectivity index (χ3v) is 3.60. The van der Waals surface area contributed by atoms with E-state index in [1.54, 1.807) is 24.9 Å². The third kappa shape index (κ3) is 2.31. The Bertz CT molecular complexity index is 552. The Kier molecular flexibility index (Phi) is 3.81. The highest BCUT2D eigenvalue weighted by Crippen LogP contribution is 2.36. The summed E-state index contributed by atoms with van der Waals surface area (Å²) < 4.78 is 10.6. The van der Waals surface area contributed by atoms with Gasteiger partial charge in [-0.05, 0) is 30.4 Å². The van der Waals surface area contributed by atoms with Gasteiger partial charge in [-0.3, -0.25) is 0 Å². The predicted octanol–water partition coefficient (Wildman–Crippen LogP) is 3.22. The highest BCUT2D eigenvalue weighted by molar-refractivity contribution is 7.98. The van der Waals surface area contributed by atoms with Crippen molar-refractivity contribution in [1.82, 2.24) is 5.16 Å². The van der Waals surface area contributed by atoms with Gasteiger partial charge in [-0.2, -0.15) is 0 Å². The number of aryl methyl sites for hydroxylation is 1. The van der Waals surface area contributed by atoms with Crippen LogP contribution in [0.2, 0.25) is 0 Å². The van der Waals surface area contributed by atoms with Crippen LogP contribution in [-0.4, -0.2) is 18.5 Å². The maximum absolute atomic E-state index is 5.58. The number of hydrogen-bond acceptors (Lipinski definition) is 5. The normalized spacial score (nSPS) is 10.6. The fraction of sp³-hybridized carbons (Fsp3) is 0.308. The zero-order valence-electron chi connectivity index (χ0n) is 10.7. The largest absolute Gasteiger partial charge is 0.496 e. The Morgan fingerprint density at radius 2 is 2.17 bits per heavy atom. The third-order valence-electron chi connectivity index (χ3n) is 2.78. The highest BCUT2D eigenvalue weighted by Gasteiger charge is 2.14. The van der Waals surface area contributed by atoms with Crippen molar-refractivity contribution in [2.75, 3.05) is 19.1 Å². The first-order chi connectivity index (χ1) is 8.69. The topological polar surface area (TPSA) is 61.3 Å². The lowest BCUT2D eigenvalue weighted by Gasteiger charge is -2.11. The van der Waals surface area contributed by atoms with Gasteiger partial charge in [0.05, 0.1) is 12.7 Å². The van der Waals surface area contributed by atoms with Gasteiger partial charge in [0.25, 0.3) is 0 Å². The number of nitrogens with zero attached hydrogens (tertiary/aromatic N) is 1. The molecule has 0 saturated carbocycles. The molecule has 0 aliphatic heterocycles. The van der Waals surface area contributed by atoms with Crippen molar-refractivity contribution >= 4 is 17.6 Å². The molecule has 1 aromatic heterocycles. The number of hydrogen-bond donors (Lipinski definition) is 1. The molecule has 0 atom stereocenters. The van der Waals surface area contributed by atoms with Gasteiger partial charge in [-0.15, -0.1) is 11.8 Å². The van der Waals surface area contributed by atoms with E-state index in [4.69, 9.17) is 15.0 Å². The van der Waals surface area contributed by atoms with Crippen molar-refractivity contribution in [2.24, 2.45) is 0 Å². The molecule has 1 aromatic carbocycles. The zero-order valence-corrected chi connectivity index (χ0v) is 11.5. The fourth-order valence-corrected chi connectivity index (χ4v) is 2.55. The van der Waals surface area contributed by atoms with Crippen LogP contribution in [0.25, 0.3) is 11.3 Å². The highest BCUT2D eigenvalue weighted by atomic mass is 32.2. The summed E-state index contributed by atoms with van der Waals surface area (Å²) >= 11 is 1.71. The summed E-state index contributed by atoms with van der Waals surface area (Å²) in [6, 6.07) is 5.80. The van der Waals surface area contributed by atoms with Gasteiger partial charge in [0.2, 0.25) is 0 Å². The van der Waals surface area contributed by atoms with Gasteiger partial charge in [0, 0.05) is 11.0 Å². The number of thioether (sulfide) groups is 1.